The zero-order chi connectivity index (χ0) is 47.8. The molecule has 0 saturated carbocycles. The standard InChI is InChI=1S/C69H42N2S2/c1-3-17-44(18-4-1)70(47-33-37-65-57(40-47)53-24-11-15-29-63(53)72-65)46-32-36-49-43(39-46)31-35-56-67-55-26-8-7-23-52(55)62(42-61(67)69(68(49)56)59-27-13-9-21-50(59)51-22-10-14-28-60(51)69)71(45-19-5-2-6-20-45)48-34-38-66-58(41-48)54-25-12-16-30-64(54)73-66/h1-42H. The minimum Gasteiger partial charge on any atom is -0.310 e. The summed E-state index contributed by atoms with van der Waals surface area (Å²) in [5, 5.41) is 10.1. The molecule has 0 N–H and O–H groups in total. The van der Waals surface area contributed by atoms with Crippen LogP contribution in [0.25, 0.3) is 84.1 Å². The molecule has 0 atom stereocenters. The van der Waals surface area contributed by atoms with Crippen molar-refractivity contribution in [2.45, 2.75) is 5.41 Å². The van der Waals surface area contributed by atoms with Crippen LogP contribution >= 0.6 is 22.7 Å². The minimum atomic E-state index is -0.613. The first-order valence-corrected chi connectivity index (χ1v) is 26.7. The Bertz CT molecular complexity index is 4540. The molecule has 1 spiro atoms. The second kappa shape index (κ2) is 15.6. The first kappa shape index (κ1) is 40.9. The normalized spacial score (nSPS) is 13.0. The third kappa shape index (κ3) is 5.79. The third-order valence-corrected chi connectivity index (χ3v) is 18.1. The molecular weight excluding hydrogens is 921 g/mol. The average molecular weight is 963 g/mol. The fourth-order valence-electron chi connectivity index (χ4n) is 12.9. The molecule has 340 valence electrons. The fourth-order valence-corrected chi connectivity index (χ4v) is 15.0. The Hall–Kier alpha value is -8.80. The van der Waals surface area contributed by atoms with E-state index in [2.05, 4.69) is 265 Å². The van der Waals surface area contributed by atoms with E-state index in [0.29, 0.717) is 0 Å². The first-order valence-electron chi connectivity index (χ1n) is 25.1. The lowest BCUT2D eigenvalue weighted by atomic mass is 9.69. The van der Waals surface area contributed by atoms with Crippen molar-refractivity contribution < 1.29 is 0 Å². The maximum absolute atomic E-state index is 2.57. The minimum absolute atomic E-state index is 0.613. The molecule has 0 amide bonds. The van der Waals surface area contributed by atoms with Gasteiger partial charge in [0.05, 0.1) is 11.1 Å². The van der Waals surface area contributed by atoms with Gasteiger partial charge in [-0.15, -0.1) is 22.7 Å². The van der Waals surface area contributed by atoms with Crippen LogP contribution < -0.4 is 9.80 Å². The Labute approximate surface area is 430 Å². The first-order chi connectivity index (χ1) is 36.2. The van der Waals surface area contributed by atoms with E-state index in [1.54, 1.807) is 0 Å². The van der Waals surface area contributed by atoms with E-state index in [1.807, 2.05) is 22.7 Å². The molecule has 2 nitrogen and oxygen atoms in total. The van der Waals surface area contributed by atoms with E-state index in [-0.39, 0.29) is 0 Å². The van der Waals surface area contributed by atoms with Crippen LogP contribution in [0.3, 0.4) is 0 Å². The quantitative estimate of drug-likeness (QED) is 0.164. The Balaban J connectivity index is 0.970. The molecule has 0 radical (unpaired) electrons. The predicted molar refractivity (Wildman–Crippen MR) is 313 cm³/mol. The van der Waals surface area contributed by atoms with Gasteiger partial charge in [0, 0.05) is 74.2 Å². The fraction of sp³-hybridized carbons (Fsp3) is 0.0145. The summed E-state index contributed by atoms with van der Waals surface area (Å²) in [6.07, 6.45) is 0. The highest BCUT2D eigenvalue weighted by Crippen LogP contribution is 2.66. The van der Waals surface area contributed by atoms with Crippen molar-refractivity contribution in [3.8, 4) is 22.3 Å². The van der Waals surface area contributed by atoms with Gasteiger partial charge in [-0.05, 0) is 152 Å². The third-order valence-electron chi connectivity index (χ3n) is 15.8. The zero-order valence-corrected chi connectivity index (χ0v) is 41.1. The summed E-state index contributed by atoms with van der Waals surface area (Å²) in [6.45, 7) is 0. The number of hydrogen-bond donors (Lipinski definition) is 0. The summed E-state index contributed by atoms with van der Waals surface area (Å²) in [6, 6.07) is 95.6. The monoisotopic (exact) mass is 962 g/mol. The Kier molecular flexibility index (Phi) is 8.74. The Morgan fingerprint density at radius 2 is 0.753 bits per heavy atom. The number of nitrogens with zero attached hydrogens (tertiary/aromatic N) is 2. The van der Waals surface area contributed by atoms with Crippen LogP contribution in [0.4, 0.5) is 34.1 Å². The van der Waals surface area contributed by atoms with Crippen LogP contribution in [-0.4, -0.2) is 0 Å². The van der Waals surface area contributed by atoms with Crippen molar-refractivity contribution >= 4 is 119 Å². The van der Waals surface area contributed by atoms with Crippen LogP contribution in [0.15, 0.2) is 255 Å². The largest absolute Gasteiger partial charge is 0.310 e. The lowest BCUT2D eigenvalue weighted by molar-refractivity contribution is 0.802. The van der Waals surface area contributed by atoms with Crippen molar-refractivity contribution in [1.82, 2.24) is 0 Å². The van der Waals surface area contributed by atoms with E-state index in [4.69, 9.17) is 0 Å². The highest BCUT2D eigenvalue weighted by atomic mass is 32.1. The molecule has 0 unspecified atom stereocenters. The maximum atomic E-state index is 2.57. The summed E-state index contributed by atoms with van der Waals surface area (Å²) >= 11 is 3.73. The van der Waals surface area contributed by atoms with Crippen molar-refractivity contribution in [1.29, 1.82) is 0 Å². The molecule has 2 aromatic heterocycles. The number of fused-ring (bicyclic) bond motifs is 20. The zero-order valence-electron chi connectivity index (χ0n) is 39.5. The van der Waals surface area contributed by atoms with Crippen molar-refractivity contribution in [3.63, 3.8) is 0 Å². The number of para-hydroxylation sites is 2. The highest BCUT2D eigenvalue weighted by Gasteiger charge is 2.53. The van der Waals surface area contributed by atoms with Crippen LogP contribution in [0.2, 0.25) is 0 Å². The van der Waals surface area contributed by atoms with Gasteiger partial charge in [0.25, 0.3) is 0 Å². The summed E-state index contributed by atoms with van der Waals surface area (Å²) < 4.78 is 5.22. The van der Waals surface area contributed by atoms with E-state index in [1.165, 1.54) is 106 Å². The molecule has 0 fully saturated rings. The number of rotatable bonds is 6. The van der Waals surface area contributed by atoms with Crippen LogP contribution in [0.5, 0.6) is 0 Å². The lowest BCUT2D eigenvalue weighted by Crippen LogP contribution is -2.26. The van der Waals surface area contributed by atoms with Gasteiger partial charge >= 0.3 is 0 Å². The number of thiophene rings is 2. The van der Waals surface area contributed by atoms with Gasteiger partial charge in [0.2, 0.25) is 0 Å². The smallest absolute Gasteiger partial charge is 0.0732 e. The molecular formula is C69H42N2S2. The number of hydrogen-bond acceptors (Lipinski definition) is 4. The van der Waals surface area contributed by atoms with Crippen LogP contribution in [0.1, 0.15) is 22.3 Å². The van der Waals surface area contributed by atoms with Gasteiger partial charge < -0.3 is 9.80 Å². The molecule has 2 aliphatic rings. The molecule has 0 saturated heterocycles. The molecule has 73 heavy (non-hydrogen) atoms. The molecule has 16 rings (SSSR count). The molecule has 0 aliphatic heterocycles. The average Bonchev–Trinajstić information content (AvgIpc) is 4.20. The van der Waals surface area contributed by atoms with Gasteiger partial charge in [-0.25, -0.2) is 0 Å². The second-order valence-corrected chi connectivity index (χ2v) is 21.7. The predicted octanol–water partition coefficient (Wildman–Crippen LogP) is 20.0. The molecule has 12 aromatic carbocycles. The number of benzene rings is 12. The van der Waals surface area contributed by atoms with Gasteiger partial charge in [0.1, 0.15) is 0 Å². The van der Waals surface area contributed by atoms with Crippen LogP contribution in [-0.2, 0) is 5.41 Å². The Morgan fingerprint density at radius 3 is 1.38 bits per heavy atom. The molecule has 2 aliphatic carbocycles. The van der Waals surface area contributed by atoms with Crippen molar-refractivity contribution in [3.05, 3.63) is 277 Å². The molecule has 4 heteroatoms. The van der Waals surface area contributed by atoms with E-state index in [0.717, 1.165) is 34.1 Å². The van der Waals surface area contributed by atoms with Crippen molar-refractivity contribution in [2.24, 2.45) is 0 Å². The van der Waals surface area contributed by atoms with E-state index < -0.39 is 5.41 Å². The topological polar surface area (TPSA) is 6.48 Å². The Morgan fingerprint density at radius 1 is 0.274 bits per heavy atom. The second-order valence-electron chi connectivity index (χ2n) is 19.5. The molecule has 14 aromatic rings. The molecule has 0 bridgehead atoms. The summed E-state index contributed by atoms with van der Waals surface area (Å²) in [5.74, 6) is 0. The van der Waals surface area contributed by atoms with Crippen LogP contribution in [0, 0.1) is 0 Å². The molecule has 2 heterocycles. The van der Waals surface area contributed by atoms with E-state index >= 15 is 0 Å². The van der Waals surface area contributed by atoms with Gasteiger partial charge in [-0.1, -0.05) is 164 Å². The van der Waals surface area contributed by atoms with Gasteiger partial charge in [-0.3, -0.25) is 0 Å². The summed E-state index contributed by atoms with van der Waals surface area (Å²) in [7, 11) is 0. The maximum Gasteiger partial charge on any atom is 0.0732 e. The lowest BCUT2D eigenvalue weighted by Gasteiger charge is -2.34. The summed E-state index contributed by atoms with van der Waals surface area (Å²) in [4.78, 5) is 4.94. The van der Waals surface area contributed by atoms with Gasteiger partial charge in [0.15, 0.2) is 0 Å². The highest BCUT2D eigenvalue weighted by molar-refractivity contribution is 7.26. The summed E-state index contributed by atoms with van der Waals surface area (Å²) in [5.41, 5.74) is 16.7. The SMILES string of the molecule is c1ccc(N(c2ccc3c4c(ccc3c2)-c2c(cc(N(c3ccccc3)c3ccc5sc6ccccc6c5c3)c3ccccc23)C42c3ccccc3-c3ccccc32)c2ccc3sc4ccccc4c3c2)cc1. The van der Waals surface area contributed by atoms with Crippen molar-refractivity contribution in [2.75, 3.05) is 9.80 Å². The van der Waals surface area contributed by atoms with Gasteiger partial charge in [-0.2, -0.15) is 0 Å². The number of anilines is 6. The van der Waals surface area contributed by atoms with E-state index in [9.17, 15) is 0 Å².